The number of carbonyl (C=O) groups excluding carboxylic acids is 3. The van der Waals surface area contributed by atoms with Gasteiger partial charge in [-0.25, -0.2) is 9.59 Å². The lowest BCUT2D eigenvalue weighted by Crippen LogP contribution is -2.18. The van der Waals surface area contributed by atoms with Gasteiger partial charge in [0, 0.05) is 6.42 Å². The molecular formula is C18H24O5S. The van der Waals surface area contributed by atoms with Crippen molar-refractivity contribution >= 4 is 29.5 Å². The van der Waals surface area contributed by atoms with Gasteiger partial charge in [-0.15, -0.1) is 11.8 Å². The molecule has 0 heterocycles. The van der Waals surface area contributed by atoms with Crippen molar-refractivity contribution in [2.75, 3.05) is 18.8 Å². The third-order valence-electron chi connectivity index (χ3n) is 3.61. The molecule has 6 heteroatoms. The fraction of sp³-hybridized carbons (Fsp3) is 0.500. The summed E-state index contributed by atoms with van der Waals surface area (Å²) in [7, 11) is 0. The van der Waals surface area contributed by atoms with Crippen LogP contribution in [0.4, 0.5) is 0 Å². The van der Waals surface area contributed by atoms with Gasteiger partial charge in [0.15, 0.2) is 0 Å². The number of benzene rings is 1. The summed E-state index contributed by atoms with van der Waals surface area (Å²) >= 11 is 1.38. The summed E-state index contributed by atoms with van der Waals surface area (Å²) in [5.74, 6) is -0.603. The zero-order chi connectivity index (χ0) is 17.9. The molecule has 0 radical (unpaired) electrons. The number of hydrogen-bond donors (Lipinski definition) is 0. The summed E-state index contributed by atoms with van der Waals surface area (Å²) in [6, 6.07) is 6.45. The van der Waals surface area contributed by atoms with E-state index in [1.807, 2.05) is 13.2 Å². The van der Waals surface area contributed by atoms with Crippen molar-refractivity contribution in [2.45, 2.75) is 33.1 Å². The van der Waals surface area contributed by atoms with Gasteiger partial charge in [-0.2, -0.15) is 0 Å². The number of carbonyl (C=O) groups is 3. The molecule has 1 aromatic rings. The molecule has 0 fully saturated rings. The van der Waals surface area contributed by atoms with E-state index in [0.29, 0.717) is 12.8 Å². The molecule has 0 aromatic heterocycles. The summed E-state index contributed by atoms with van der Waals surface area (Å²) in [5.41, 5.74) is 0.401. The van der Waals surface area contributed by atoms with Gasteiger partial charge in [0.25, 0.3) is 0 Å². The van der Waals surface area contributed by atoms with Crippen LogP contribution >= 0.6 is 11.8 Å². The Balaban J connectivity index is 2.70. The SMILES string of the molecule is CCC(CCC(C)=O)COC(=O)c1ccccc1C(=O)OCSC. The molecule has 24 heavy (non-hydrogen) atoms. The van der Waals surface area contributed by atoms with Gasteiger partial charge in [0.1, 0.15) is 11.7 Å². The van der Waals surface area contributed by atoms with E-state index in [4.69, 9.17) is 9.47 Å². The van der Waals surface area contributed by atoms with Gasteiger partial charge in [-0.3, -0.25) is 0 Å². The van der Waals surface area contributed by atoms with Gasteiger partial charge in [0.2, 0.25) is 0 Å². The molecular weight excluding hydrogens is 328 g/mol. The molecule has 0 saturated heterocycles. The maximum atomic E-state index is 12.3. The molecule has 5 nitrogen and oxygen atoms in total. The first-order valence-corrected chi connectivity index (χ1v) is 9.30. The van der Waals surface area contributed by atoms with Crippen LogP contribution < -0.4 is 0 Å². The second-order valence-corrected chi connectivity index (χ2v) is 6.31. The number of ketones is 1. The first-order chi connectivity index (χ1) is 11.5. The number of ether oxygens (including phenoxy) is 2. The van der Waals surface area contributed by atoms with Crippen molar-refractivity contribution in [3.63, 3.8) is 0 Å². The molecule has 132 valence electrons. The van der Waals surface area contributed by atoms with Gasteiger partial charge in [-0.1, -0.05) is 25.5 Å². The average Bonchev–Trinajstić information content (AvgIpc) is 2.59. The van der Waals surface area contributed by atoms with Gasteiger partial charge < -0.3 is 14.3 Å². The molecule has 0 spiro atoms. The van der Waals surface area contributed by atoms with Crippen molar-refractivity contribution in [1.29, 1.82) is 0 Å². The predicted molar refractivity (Wildman–Crippen MR) is 94.2 cm³/mol. The first-order valence-electron chi connectivity index (χ1n) is 7.91. The lowest BCUT2D eigenvalue weighted by molar-refractivity contribution is -0.117. The standard InChI is InChI=1S/C18H24O5S/c1-4-14(10-9-13(2)19)11-22-17(20)15-7-5-6-8-16(15)18(21)23-12-24-3/h5-8,14H,4,9-12H2,1-3H3. The zero-order valence-electron chi connectivity index (χ0n) is 14.4. The molecule has 0 N–H and O–H groups in total. The van der Waals surface area contributed by atoms with Gasteiger partial charge in [-0.05, 0) is 37.7 Å². The van der Waals surface area contributed by atoms with Crippen LogP contribution in [0.5, 0.6) is 0 Å². The van der Waals surface area contributed by atoms with Crippen LogP contribution in [0.25, 0.3) is 0 Å². The Labute approximate surface area is 147 Å². The van der Waals surface area contributed by atoms with Crippen molar-refractivity contribution in [3.05, 3.63) is 35.4 Å². The fourth-order valence-corrected chi connectivity index (χ4v) is 2.34. The van der Waals surface area contributed by atoms with E-state index in [0.717, 1.165) is 6.42 Å². The summed E-state index contributed by atoms with van der Waals surface area (Å²) in [4.78, 5) is 35.4. The zero-order valence-corrected chi connectivity index (χ0v) is 15.2. The van der Waals surface area contributed by atoms with Crippen LogP contribution in [0.15, 0.2) is 24.3 Å². The highest BCUT2D eigenvalue weighted by Crippen LogP contribution is 2.16. The molecule has 1 unspecified atom stereocenters. The average molecular weight is 352 g/mol. The number of thioether (sulfide) groups is 1. The lowest BCUT2D eigenvalue weighted by Gasteiger charge is -2.15. The number of hydrogen-bond acceptors (Lipinski definition) is 6. The highest BCUT2D eigenvalue weighted by Gasteiger charge is 2.20. The Morgan fingerprint density at radius 1 is 1.08 bits per heavy atom. The van der Waals surface area contributed by atoms with Gasteiger partial charge >= 0.3 is 11.9 Å². The normalized spacial score (nSPS) is 11.6. The van der Waals surface area contributed by atoms with E-state index in [2.05, 4.69) is 0 Å². The quantitative estimate of drug-likeness (QED) is 0.472. The van der Waals surface area contributed by atoms with Crippen LogP contribution in [0, 0.1) is 5.92 Å². The van der Waals surface area contributed by atoms with E-state index in [1.165, 1.54) is 11.8 Å². The summed E-state index contributed by atoms with van der Waals surface area (Å²) in [6.45, 7) is 3.78. The molecule has 0 saturated carbocycles. The Bertz CT molecular complexity index is 570. The lowest BCUT2D eigenvalue weighted by atomic mass is 10.00. The summed E-state index contributed by atoms with van der Waals surface area (Å²) in [6.07, 6.45) is 3.81. The van der Waals surface area contributed by atoms with Crippen molar-refractivity contribution in [1.82, 2.24) is 0 Å². The monoisotopic (exact) mass is 352 g/mol. The Morgan fingerprint density at radius 2 is 1.67 bits per heavy atom. The maximum absolute atomic E-state index is 12.3. The van der Waals surface area contributed by atoms with E-state index in [-0.39, 0.29) is 35.4 Å². The third-order valence-corrected chi connectivity index (χ3v) is 3.96. The summed E-state index contributed by atoms with van der Waals surface area (Å²) < 4.78 is 10.4. The van der Waals surface area contributed by atoms with E-state index in [9.17, 15) is 14.4 Å². The second kappa shape index (κ2) is 10.9. The number of rotatable bonds is 10. The van der Waals surface area contributed by atoms with E-state index >= 15 is 0 Å². The van der Waals surface area contributed by atoms with Crippen LogP contribution in [-0.2, 0) is 14.3 Å². The number of esters is 2. The molecule has 0 amide bonds. The maximum Gasteiger partial charge on any atom is 0.339 e. The Morgan fingerprint density at radius 3 is 2.17 bits per heavy atom. The van der Waals surface area contributed by atoms with Crippen molar-refractivity contribution in [3.8, 4) is 0 Å². The second-order valence-electron chi connectivity index (χ2n) is 5.50. The highest BCUT2D eigenvalue weighted by molar-refractivity contribution is 7.98. The molecule has 1 rings (SSSR count). The molecule has 0 aliphatic carbocycles. The minimum Gasteiger partial charge on any atom is -0.462 e. The minimum atomic E-state index is -0.548. The Kier molecular flexibility index (Phi) is 9.15. The van der Waals surface area contributed by atoms with Crippen molar-refractivity contribution in [2.24, 2.45) is 5.92 Å². The van der Waals surface area contributed by atoms with E-state index in [1.54, 1.807) is 31.2 Å². The molecule has 0 aliphatic rings. The predicted octanol–water partition coefficient (Wildman–Crippen LogP) is 3.72. The molecule has 1 aromatic carbocycles. The van der Waals surface area contributed by atoms with Crippen LogP contribution in [0.3, 0.4) is 0 Å². The molecule has 1 atom stereocenters. The fourth-order valence-electron chi connectivity index (χ4n) is 2.11. The number of Topliss-reactive ketones (excluding diaryl/α,β-unsaturated/α-hetero) is 1. The molecule has 0 bridgehead atoms. The Hall–Kier alpha value is -1.82. The van der Waals surface area contributed by atoms with Crippen molar-refractivity contribution < 1.29 is 23.9 Å². The molecule has 0 aliphatic heterocycles. The van der Waals surface area contributed by atoms with Gasteiger partial charge in [0.05, 0.1) is 17.7 Å². The third kappa shape index (κ3) is 6.74. The topological polar surface area (TPSA) is 69.7 Å². The minimum absolute atomic E-state index is 0.127. The van der Waals surface area contributed by atoms with E-state index < -0.39 is 11.9 Å². The van der Waals surface area contributed by atoms with Crippen LogP contribution in [0.2, 0.25) is 0 Å². The highest BCUT2D eigenvalue weighted by atomic mass is 32.2. The van der Waals surface area contributed by atoms with Crippen LogP contribution in [0.1, 0.15) is 53.8 Å². The van der Waals surface area contributed by atoms with Crippen LogP contribution in [-0.4, -0.2) is 36.5 Å². The largest absolute Gasteiger partial charge is 0.462 e. The summed E-state index contributed by atoms with van der Waals surface area (Å²) in [5, 5.41) is 0. The smallest absolute Gasteiger partial charge is 0.339 e. The first kappa shape index (κ1) is 20.2.